The van der Waals surface area contributed by atoms with E-state index in [1.807, 2.05) is 0 Å². The van der Waals surface area contributed by atoms with Crippen molar-refractivity contribution in [2.45, 2.75) is 32.2 Å². The molecule has 4 nitrogen and oxygen atoms in total. The summed E-state index contributed by atoms with van der Waals surface area (Å²) in [6.45, 7) is 5.00. The first kappa shape index (κ1) is 10.7. The van der Waals surface area contributed by atoms with E-state index in [0.717, 1.165) is 12.8 Å². The van der Waals surface area contributed by atoms with Crippen LogP contribution in [0.3, 0.4) is 0 Å². The van der Waals surface area contributed by atoms with Crippen molar-refractivity contribution < 1.29 is 4.79 Å². The minimum atomic E-state index is -0.491. The quantitative estimate of drug-likeness (QED) is 0.197. The molecule has 12 heavy (non-hydrogen) atoms. The molecule has 0 aromatic rings. The lowest BCUT2D eigenvalue weighted by molar-refractivity contribution is -0.118. The number of azide groups is 1. The van der Waals surface area contributed by atoms with Crippen LogP contribution in [0.2, 0.25) is 0 Å². The summed E-state index contributed by atoms with van der Waals surface area (Å²) in [5, 5.41) is 3.39. The van der Waals surface area contributed by atoms with Gasteiger partial charge in [-0.1, -0.05) is 11.2 Å². The van der Waals surface area contributed by atoms with Crippen LogP contribution in [0.25, 0.3) is 10.4 Å². The number of hydrogen-bond acceptors (Lipinski definition) is 2. The maximum atomic E-state index is 10.8. The van der Waals surface area contributed by atoms with Crippen molar-refractivity contribution in [2.24, 2.45) is 5.11 Å². The molecule has 0 aromatic heterocycles. The van der Waals surface area contributed by atoms with Crippen LogP contribution >= 0.6 is 0 Å². The maximum absolute atomic E-state index is 10.8. The molecule has 0 saturated carbocycles. The van der Waals surface area contributed by atoms with Crippen LogP contribution in [0.4, 0.5) is 0 Å². The minimum absolute atomic E-state index is 0.0723. The average molecular weight is 167 g/mol. The number of carbonyl (C=O) groups is 1. The van der Waals surface area contributed by atoms with E-state index in [4.69, 9.17) is 5.53 Å². The molecule has 0 fully saturated rings. The largest absolute Gasteiger partial charge is 0.300 e. The molecule has 0 aliphatic rings. The van der Waals surface area contributed by atoms with Gasteiger partial charge >= 0.3 is 0 Å². The second-order valence-corrected chi connectivity index (χ2v) is 2.55. The second-order valence-electron chi connectivity index (χ2n) is 2.55. The van der Waals surface area contributed by atoms with Crippen LogP contribution in [0.15, 0.2) is 17.8 Å². The van der Waals surface area contributed by atoms with Crippen molar-refractivity contribution in [3.63, 3.8) is 0 Å². The summed E-state index contributed by atoms with van der Waals surface area (Å²) in [6, 6.07) is -0.491. The molecule has 0 aliphatic carbocycles. The van der Waals surface area contributed by atoms with Gasteiger partial charge in [0.1, 0.15) is 5.78 Å². The van der Waals surface area contributed by atoms with Crippen molar-refractivity contribution in [2.75, 3.05) is 0 Å². The fourth-order valence-electron chi connectivity index (χ4n) is 0.860. The number of nitrogens with zero attached hydrogens (tertiary/aromatic N) is 3. The first-order chi connectivity index (χ1) is 5.72. The fraction of sp³-hybridized carbons (Fsp3) is 0.625. The Morgan fingerprint density at radius 3 is 2.92 bits per heavy atom. The van der Waals surface area contributed by atoms with E-state index in [1.54, 1.807) is 6.08 Å². The van der Waals surface area contributed by atoms with Crippen molar-refractivity contribution in [1.29, 1.82) is 0 Å². The highest BCUT2D eigenvalue weighted by Gasteiger charge is 2.10. The third-order valence-electron chi connectivity index (χ3n) is 1.55. The Morgan fingerprint density at radius 2 is 2.50 bits per heavy atom. The van der Waals surface area contributed by atoms with Crippen LogP contribution in [-0.4, -0.2) is 11.8 Å². The predicted octanol–water partition coefficient (Wildman–Crippen LogP) is 2.61. The lowest BCUT2D eigenvalue weighted by Crippen LogP contribution is -2.13. The summed E-state index contributed by atoms with van der Waals surface area (Å²) in [4.78, 5) is 13.5. The van der Waals surface area contributed by atoms with Gasteiger partial charge < -0.3 is 0 Å². The molecule has 0 saturated heterocycles. The Kier molecular flexibility index (Phi) is 5.75. The van der Waals surface area contributed by atoms with Crippen LogP contribution in [0, 0.1) is 0 Å². The Labute approximate surface area is 71.9 Å². The molecule has 0 rings (SSSR count). The van der Waals surface area contributed by atoms with Gasteiger partial charge in [0, 0.05) is 4.91 Å². The number of carbonyl (C=O) groups excluding carboxylic acids is 1. The third kappa shape index (κ3) is 4.52. The van der Waals surface area contributed by atoms with E-state index in [-0.39, 0.29) is 5.78 Å². The molecule has 66 valence electrons. The summed E-state index contributed by atoms with van der Waals surface area (Å²) < 4.78 is 0. The van der Waals surface area contributed by atoms with Crippen LogP contribution < -0.4 is 0 Å². The van der Waals surface area contributed by atoms with Gasteiger partial charge in [0.15, 0.2) is 0 Å². The van der Waals surface area contributed by atoms with Crippen molar-refractivity contribution in [3.8, 4) is 0 Å². The molecule has 0 amide bonds. The number of hydrogen-bond donors (Lipinski definition) is 0. The van der Waals surface area contributed by atoms with Crippen molar-refractivity contribution in [1.82, 2.24) is 0 Å². The molecule has 1 unspecified atom stereocenters. The SMILES string of the molecule is C=CCCCC(N=[N+]=[N-])C(C)=O. The van der Waals surface area contributed by atoms with E-state index in [9.17, 15) is 4.79 Å². The molecule has 0 N–H and O–H groups in total. The van der Waals surface area contributed by atoms with E-state index in [0.29, 0.717) is 6.42 Å². The Morgan fingerprint density at radius 1 is 1.83 bits per heavy atom. The number of unbranched alkanes of at least 4 members (excludes halogenated alkanes) is 1. The molecule has 0 spiro atoms. The fourth-order valence-corrected chi connectivity index (χ4v) is 0.860. The molecule has 0 aliphatic heterocycles. The van der Waals surface area contributed by atoms with Gasteiger partial charge in [0.05, 0.1) is 6.04 Å². The number of ketones is 1. The van der Waals surface area contributed by atoms with Gasteiger partial charge in [-0.2, -0.15) is 0 Å². The molecule has 0 aromatic carbocycles. The monoisotopic (exact) mass is 167 g/mol. The summed E-state index contributed by atoms with van der Waals surface area (Å²) in [5.74, 6) is -0.0723. The molecule has 0 heterocycles. The standard InChI is InChI=1S/C8H13N3O/c1-3-4-5-6-8(7(2)12)10-11-9/h3,8H,1,4-6H2,2H3. The molecular formula is C8H13N3O. The van der Waals surface area contributed by atoms with E-state index in [1.165, 1.54) is 6.92 Å². The molecule has 0 bridgehead atoms. The maximum Gasteiger partial charge on any atom is 0.138 e. The Hall–Kier alpha value is -1.28. The molecule has 4 heteroatoms. The predicted molar refractivity (Wildman–Crippen MR) is 47.7 cm³/mol. The molecule has 0 radical (unpaired) electrons. The van der Waals surface area contributed by atoms with Crippen molar-refractivity contribution >= 4 is 5.78 Å². The van der Waals surface area contributed by atoms with Gasteiger partial charge in [0.25, 0.3) is 0 Å². The molecular weight excluding hydrogens is 154 g/mol. The average Bonchev–Trinajstić information content (AvgIpc) is 2.03. The smallest absolute Gasteiger partial charge is 0.138 e. The van der Waals surface area contributed by atoms with Crippen LogP contribution in [0.5, 0.6) is 0 Å². The van der Waals surface area contributed by atoms with E-state index in [2.05, 4.69) is 16.6 Å². The first-order valence-electron chi connectivity index (χ1n) is 3.88. The van der Waals surface area contributed by atoms with Crippen LogP contribution in [0.1, 0.15) is 26.2 Å². The zero-order valence-electron chi connectivity index (χ0n) is 7.23. The van der Waals surface area contributed by atoms with Gasteiger partial charge in [-0.3, -0.25) is 4.79 Å². The Balaban J connectivity index is 3.87. The van der Waals surface area contributed by atoms with Gasteiger partial charge in [-0.15, -0.1) is 6.58 Å². The summed E-state index contributed by atoms with van der Waals surface area (Å²) in [5.41, 5.74) is 8.13. The second kappa shape index (κ2) is 6.43. The van der Waals surface area contributed by atoms with E-state index < -0.39 is 6.04 Å². The lowest BCUT2D eigenvalue weighted by Gasteiger charge is -2.04. The molecule has 1 atom stereocenters. The first-order valence-corrected chi connectivity index (χ1v) is 3.88. The van der Waals surface area contributed by atoms with Crippen LogP contribution in [-0.2, 0) is 4.79 Å². The van der Waals surface area contributed by atoms with Gasteiger partial charge in [-0.25, -0.2) is 0 Å². The zero-order valence-corrected chi connectivity index (χ0v) is 7.23. The number of rotatable bonds is 6. The zero-order chi connectivity index (χ0) is 9.40. The number of allylic oxidation sites excluding steroid dienone is 1. The highest BCUT2D eigenvalue weighted by Crippen LogP contribution is 2.06. The third-order valence-corrected chi connectivity index (χ3v) is 1.55. The normalized spacial score (nSPS) is 11.4. The number of Topliss-reactive ketones (excluding diaryl/α,β-unsaturated/α-hetero) is 1. The highest BCUT2D eigenvalue weighted by molar-refractivity contribution is 5.81. The minimum Gasteiger partial charge on any atom is -0.300 e. The Bertz CT molecular complexity index is 204. The summed E-state index contributed by atoms with van der Waals surface area (Å²) >= 11 is 0. The van der Waals surface area contributed by atoms with E-state index >= 15 is 0 Å². The van der Waals surface area contributed by atoms with Gasteiger partial charge in [-0.05, 0) is 31.7 Å². The topological polar surface area (TPSA) is 65.8 Å². The summed E-state index contributed by atoms with van der Waals surface area (Å²) in [7, 11) is 0. The highest BCUT2D eigenvalue weighted by atomic mass is 16.1. The van der Waals surface area contributed by atoms with Gasteiger partial charge in [0.2, 0.25) is 0 Å². The summed E-state index contributed by atoms with van der Waals surface area (Å²) in [6.07, 6.45) is 4.09. The lowest BCUT2D eigenvalue weighted by atomic mass is 10.1. The van der Waals surface area contributed by atoms with Crippen molar-refractivity contribution in [3.05, 3.63) is 23.1 Å².